The molecule has 0 bridgehead atoms. The lowest BCUT2D eigenvalue weighted by Crippen LogP contribution is -2.49. The Labute approximate surface area is 135 Å². The van der Waals surface area contributed by atoms with E-state index in [1.165, 1.54) is 16.8 Å². The summed E-state index contributed by atoms with van der Waals surface area (Å²) in [6.07, 6.45) is 1.53. The summed E-state index contributed by atoms with van der Waals surface area (Å²) in [4.78, 5) is 24.2. The Morgan fingerprint density at radius 1 is 1.17 bits per heavy atom. The standard InChI is InChI=1S/C17H22N4O2/c1-3-17(18,4-2)12-19-16(23)14-10-11-15(22)21(20-14)13-8-6-5-7-9-13/h5-11H,3-4,12,18H2,1-2H3,(H,19,23). The van der Waals surface area contributed by atoms with Crippen molar-refractivity contribution in [3.8, 4) is 5.69 Å². The summed E-state index contributed by atoms with van der Waals surface area (Å²) in [5, 5.41) is 6.94. The molecule has 0 unspecified atom stereocenters. The van der Waals surface area contributed by atoms with Gasteiger partial charge in [0.2, 0.25) is 0 Å². The van der Waals surface area contributed by atoms with Crippen LogP contribution in [-0.4, -0.2) is 27.8 Å². The predicted molar refractivity (Wildman–Crippen MR) is 89.7 cm³/mol. The number of benzene rings is 1. The van der Waals surface area contributed by atoms with Crippen molar-refractivity contribution in [1.82, 2.24) is 15.1 Å². The SMILES string of the molecule is CCC(N)(CC)CNC(=O)c1ccc(=O)n(-c2ccccc2)n1. The molecule has 0 fully saturated rings. The second-order valence-electron chi connectivity index (χ2n) is 5.56. The van der Waals surface area contributed by atoms with Gasteiger partial charge in [-0.3, -0.25) is 9.59 Å². The molecular weight excluding hydrogens is 292 g/mol. The van der Waals surface area contributed by atoms with Gasteiger partial charge in [0.15, 0.2) is 0 Å². The fourth-order valence-corrected chi connectivity index (χ4v) is 2.13. The molecule has 0 atom stereocenters. The number of nitrogens with two attached hydrogens (primary N) is 1. The van der Waals surface area contributed by atoms with Crippen LogP contribution < -0.4 is 16.6 Å². The highest BCUT2D eigenvalue weighted by Gasteiger charge is 2.21. The van der Waals surface area contributed by atoms with Crippen LogP contribution in [0.15, 0.2) is 47.3 Å². The molecule has 0 aliphatic heterocycles. The number of hydrogen-bond acceptors (Lipinski definition) is 4. The van der Waals surface area contributed by atoms with E-state index < -0.39 is 5.54 Å². The van der Waals surface area contributed by atoms with Crippen LogP contribution in [0.1, 0.15) is 37.2 Å². The highest BCUT2D eigenvalue weighted by atomic mass is 16.2. The number of hydrogen-bond donors (Lipinski definition) is 2. The Hall–Kier alpha value is -2.47. The van der Waals surface area contributed by atoms with Gasteiger partial charge >= 0.3 is 0 Å². The van der Waals surface area contributed by atoms with E-state index in [-0.39, 0.29) is 17.2 Å². The first kappa shape index (κ1) is 16.9. The molecule has 0 saturated carbocycles. The number of carbonyl (C=O) groups is 1. The number of para-hydroxylation sites is 1. The molecule has 3 N–H and O–H groups in total. The van der Waals surface area contributed by atoms with Crippen LogP contribution in [0.3, 0.4) is 0 Å². The maximum absolute atomic E-state index is 12.3. The average molecular weight is 314 g/mol. The summed E-state index contributed by atoms with van der Waals surface area (Å²) < 4.78 is 1.21. The Kier molecular flexibility index (Phi) is 5.28. The van der Waals surface area contributed by atoms with E-state index in [4.69, 9.17) is 5.73 Å². The maximum Gasteiger partial charge on any atom is 0.271 e. The minimum Gasteiger partial charge on any atom is -0.349 e. The van der Waals surface area contributed by atoms with Gasteiger partial charge in [-0.05, 0) is 31.0 Å². The fourth-order valence-electron chi connectivity index (χ4n) is 2.13. The number of nitrogens with one attached hydrogen (secondary N) is 1. The van der Waals surface area contributed by atoms with Gasteiger partial charge in [-0.1, -0.05) is 32.0 Å². The van der Waals surface area contributed by atoms with Crippen LogP contribution in [0, 0.1) is 0 Å². The van der Waals surface area contributed by atoms with Crippen molar-refractivity contribution in [2.75, 3.05) is 6.54 Å². The quantitative estimate of drug-likeness (QED) is 0.845. The van der Waals surface area contributed by atoms with E-state index in [2.05, 4.69) is 10.4 Å². The molecular formula is C17H22N4O2. The van der Waals surface area contributed by atoms with Gasteiger partial charge in [0.05, 0.1) is 5.69 Å². The molecule has 1 amide bonds. The molecule has 0 saturated heterocycles. The maximum atomic E-state index is 12.3. The third-order valence-electron chi connectivity index (χ3n) is 4.04. The van der Waals surface area contributed by atoms with Gasteiger partial charge in [0.25, 0.3) is 11.5 Å². The van der Waals surface area contributed by atoms with Crippen molar-refractivity contribution < 1.29 is 4.79 Å². The third-order valence-corrected chi connectivity index (χ3v) is 4.04. The van der Waals surface area contributed by atoms with E-state index in [1.807, 2.05) is 32.0 Å². The summed E-state index contributed by atoms with van der Waals surface area (Å²) >= 11 is 0. The second kappa shape index (κ2) is 7.19. The first-order valence-corrected chi connectivity index (χ1v) is 7.72. The van der Waals surface area contributed by atoms with Gasteiger partial charge in [0.1, 0.15) is 5.69 Å². The molecule has 0 aliphatic carbocycles. The molecule has 0 spiro atoms. The summed E-state index contributed by atoms with van der Waals surface area (Å²) in [6, 6.07) is 11.7. The lowest BCUT2D eigenvalue weighted by Gasteiger charge is -2.26. The highest BCUT2D eigenvalue weighted by Crippen LogP contribution is 2.09. The number of carbonyl (C=O) groups excluding carboxylic acids is 1. The van der Waals surface area contributed by atoms with Gasteiger partial charge in [-0.2, -0.15) is 9.78 Å². The summed E-state index contributed by atoms with van der Waals surface area (Å²) in [7, 11) is 0. The molecule has 0 aliphatic rings. The largest absolute Gasteiger partial charge is 0.349 e. The molecule has 2 rings (SSSR count). The third kappa shape index (κ3) is 4.04. The summed E-state index contributed by atoms with van der Waals surface area (Å²) in [6.45, 7) is 4.35. The van der Waals surface area contributed by atoms with Crippen LogP contribution in [0.4, 0.5) is 0 Å². The number of nitrogens with zero attached hydrogens (tertiary/aromatic N) is 2. The van der Waals surface area contributed by atoms with Gasteiger partial charge < -0.3 is 11.1 Å². The molecule has 23 heavy (non-hydrogen) atoms. The molecule has 1 aromatic heterocycles. The molecule has 6 nitrogen and oxygen atoms in total. The van der Waals surface area contributed by atoms with Crippen molar-refractivity contribution in [2.45, 2.75) is 32.2 Å². The van der Waals surface area contributed by atoms with E-state index in [9.17, 15) is 9.59 Å². The Bertz CT molecular complexity index is 721. The average Bonchev–Trinajstić information content (AvgIpc) is 2.60. The topological polar surface area (TPSA) is 90.0 Å². The minimum absolute atomic E-state index is 0.183. The van der Waals surface area contributed by atoms with E-state index >= 15 is 0 Å². The zero-order valence-electron chi connectivity index (χ0n) is 13.5. The van der Waals surface area contributed by atoms with Crippen LogP contribution in [0.25, 0.3) is 5.69 Å². The predicted octanol–water partition coefficient (Wildman–Crippen LogP) is 1.48. The fraction of sp³-hybridized carbons (Fsp3) is 0.353. The van der Waals surface area contributed by atoms with Crippen LogP contribution in [-0.2, 0) is 0 Å². The molecule has 1 aromatic carbocycles. The summed E-state index contributed by atoms with van der Waals surface area (Å²) in [5.74, 6) is -0.341. The number of amides is 1. The molecule has 6 heteroatoms. The lowest BCUT2D eigenvalue weighted by atomic mass is 9.94. The Balaban J connectivity index is 2.21. The Morgan fingerprint density at radius 3 is 2.43 bits per heavy atom. The molecule has 2 aromatic rings. The molecule has 1 heterocycles. The van der Waals surface area contributed by atoms with E-state index in [1.54, 1.807) is 12.1 Å². The zero-order chi connectivity index (χ0) is 16.9. The normalized spacial score (nSPS) is 11.3. The number of aromatic nitrogens is 2. The van der Waals surface area contributed by atoms with Gasteiger partial charge in [0, 0.05) is 18.2 Å². The van der Waals surface area contributed by atoms with E-state index in [0.717, 1.165) is 12.8 Å². The summed E-state index contributed by atoms with van der Waals surface area (Å²) in [5.41, 5.74) is 6.26. The van der Waals surface area contributed by atoms with Crippen molar-refractivity contribution >= 4 is 5.91 Å². The lowest BCUT2D eigenvalue weighted by molar-refractivity contribution is 0.0935. The second-order valence-corrected chi connectivity index (χ2v) is 5.56. The smallest absolute Gasteiger partial charge is 0.271 e. The highest BCUT2D eigenvalue weighted by molar-refractivity contribution is 5.92. The monoisotopic (exact) mass is 314 g/mol. The molecule has 122 valence electrons. The van der Waals surface area contributed by atoms with Crippen molar-refractivity contribution in [3.63, 3.8) is 0 Å². The van der Waals surface area contributed by atoms with Gasteiger partial charge in [-0.15, -0.1) is 0 Å². The van der Waals surface area contributed by atoms with Crippen LogP contribution in [0.2, 0.25) is 0 Å². The van der Waals surface area contributed by atoms with E-state index in [0.29, 0.717) is 12.2 Å². The Morgan fingerprint density at radius 2 is 1.83 bits per heavy atom. The first-order valence-electron chi connectivity index (χ1n) is 7.72. The minimum atomic E-state index is -0.427. The first-order chi connectivity index (χ1) is 11.0. The van der Waals surface area contributed by atoms with Crippen molar-refractivity contribution in [1.29, 1.82) is 0 Å². The van der Waals surface area contributed by atoms with Crippen LogP contribution >= 0.6 is 0 Å². The van der Waals surface area contributed by atoms with Crippen molar-refractivity contribution in [2.24, 2.45) is 5.73 Å². The van der Waals surface area contributed by atoms with Crippen molar-refractivity contribution in [3.05, 3.63) is 58.5 Å². The number of rotatable bonds is 6. The zero-order valence-corrected chi connectivity index (χ0v) is 13.5. The van der Waals surface area contributed by atoms with Crippen LogP contribution in [0.5, 0.6) is 0 Å². The van der Waals surface area contributed by atoms with Gasteiger partial charge in [-0.25, -0.2) is 0 Å². The molecule has 0 radical (unpaired) electrons.